The summed E-state index contributed by atoms with van der Waals surface area (Å²) < 4.78 is 27.7. The van der Waals surface area contributed by atoms with Crippen LogP contribution in [-0.2, 0) is 4.74 Å². The standard InChI is InChI=1S/C24H28N2O6/c1-28-18-4-2-17(3-5-18)26-15-21(32-24(26)27)10-13-25-11-8-19(9-12-25)31-20-6-7-22-23(14-20)30-16-29-22/h2-7,14,19,21H,8-13,15-16H2,1H3. The molecule has 3 aliphatic heterocycles. The van der Waals surface area contributed by atoms with Crippen LogP contribution in [-0.4, -0.2) is 63.3 Å². The first-order chi connectivity index (χ1) is 15.7. The molecule has 2 fully saturated rings. The van der Waals surface area contributed by atoms with Gasteiger partial charge < -0.3 is 28.6 Å². The second-order valence-electron chi connectivity index (χ2n) is 8.28. The average molecular weight is 440 g/mol. The number of carbonyl (C=O) groups is 1. The lowest BCUT2D eigenvalue weighted by molar-refractivity contribution is 0.0859. The number of likely N-dealkylation sites (tertiary alicyclic amines) is 1. The molecule has 0 aromatic heterocycles. The van der Waals surface area contributed by atoms with Crippen LogP contribution >= 0.6 is 0 Å². The summed E-state index contributed by atoms with van der Waals surface area (Å²) in [5.41, 5.74) is 0.833. The van der Waals surface area contributed by atoms with Crippen LogP contribution in [0.1, 0.15) is 19.3 Å². The SMILES string of the molecule is COc1ccc(N2CC(CCN3CCC(Oc4ccc5c(c4)OCO5)CC3)OC2=O)cc1. The van der Waals surface area contributed by atoms with Gasteiger partial charge in [-0.15, -0.1) is 0 Å². The molecule has 170 valence electrons. The minimum atomic E-state index is -0.281. The number of carbonyl (C=O) groups excluding carboxylic acids is 1. The summed E-state index contributed by atoms with van der Waals surface area (Å²) >= 11 is 0. The van der Waals surface area contributed by atoms with Crippen molar-refractivity contribution >= 4 is 11.8 Å². The Balaban J connectivity index is 1.06. The molecule has 1 unspecified atom stereocenters. The average Bonchev–Trinajstić information content (AvgIpc) is 3.44. The Hall–Kier alpha value is -3.13. The molecule has 0 radical (unpaired) electrons. The summed E-state index contributed by atoms with van der Waals surface area (Å²) in [5.74, 6) is 3.10. The predicted molar refractivity (Wildman–Crippen MR) is 118 cm³/mol. The summed E-state index contributed by atoms with van der Waals surface area (Å²) in [6, 6.07) is 13.2. The van der Waals surface area contributed by atoms with Crippen LogP contribution in [0.3, 0.4) is 0 Å². The topological polar surface area (TPSA) is 69.7 Å². The van der Waals surface area contributed by atoms with Crippen LogP contribution in [0.2, 0.25) is 0 Å². The number of rotatable bonds is 7. The van der Waals surface area contributed by atoms with Crippen LogP contribution in [0, 0.1) is 0 Å². The molecule has 8 nitrogen and oxygen atoms in total. The van der Waals surface area contributed by atoms with E-state index in [9.17, 15) is 4.79 Å². The highest BCUT2D eigenvalue weighted by Crippen LogP contribution is 2.36. The molecule has 1 atom stereocenters. The third kappa shape index (κ3) is 4.55. The van der Waals surface area contributed by atoms with Gasteiger partial charge in [-0.25, -0.2) is 4.79 Å². The van der Waals surface area contributed by atoms with Gasteiger partial charge in [-0.05, 0) is 55.7 Å². The molecular weight excluding hydrogens is 412 g/mol. The molecule has 0 bridgehead atoms. The Labute approximate surface area is 187 Å². The maximum Gasteiger partial charge on any atom is 0.414 e. The molecule has 8 heteroatoms. The summed E-state index contributed by atoms with van der Waals surface area (Å²) in [7, 11) is 1.63. The maximum absolute atomic E-state index is 12.3. The van der Waals surface area contributed by atoms with Crippen LogP contribution in [0.25, 0.3) is 0 Å². The molecule has 3 aliphatic rings. The molecule has 2 aromatic carbocycles. The van der Waals surface area contributed by atoms with Gasteiger partial charge in [0.1, 0.15) is 23.7 Å². The van der Waals surface area contributed by atoms with Crippen LogP contribution in [0.5, 0.6) is 23.0 Å². The van der Waals surface area contributed by atoms with Crippen molar-refractivity contribution in [3.8, 4) is 23.0 Å². The quantitative estimate of drug-likeness (QED) is 0.650. The van der Waals surface area contributed by atoms with Gasteiger partial charge in [-0.1, -0.05) is 0 Å². The zero-order chi connectivity index (χ0) is 21.9. The van der Waals surface area contributed by atoms with Crippen molar-refractivity contribution in [3.05, 3.63) is 42.5 Å². The van der Waals surface area contributed by atoms with Gasteiger partial charge in [0, 0.05) is 31.4 Å². The van der Waals surface area contributed by atoms with E-state index in [1.54, 1.807) is 12.0 Å². The molecule has 0 spiro atoms. The number of methoxy groups -OCH3 is 1. The fourth-order valence-electron chi connectivity index (χ4n) is 4.36. The number of fused-ring (bicyclic) bond motifs is 1. The summed E-state index contributed by atoms with van der Waals surface area (Å²) in [5, 5.41) is 0. The number of ether oxygens (including phenoxy) is 5. The molecule has 1 amide bonds. The van der Waals surface area contributed by atoms with E-state index < -0.39 is 0 Å². The minimum absolute atomic E-state index is 0.0905. The zero-order valence-corrected chi connectivity index (χ0v) is 18.2. The lowest BCUT2D eigenvalue weighted by Crippen LogP contribution is -2.39. The van der Waals surface area contributed by atoms with Gasteiger partial charge in [0.05, 0.1) is 13.7 Å². The molecule has 2 aromatic rings. The van der Waals surface area contributed by atoms with Gasteiger partial charge in [0.25, 0.3) is 0 Å². The third-order valence-electron chi connectivity index (χ3n) is 6.21. The first-order valence-electron chi connectivity index (χ1n) is 11.1. The number of benzene rings is 2. The van der Waals surface area contributed by atoms with E-state index >= 15 is 0 Å². The molecule has 2 saturated heterocycles. The van der Waals surface area contributed by atoms with Crippen LogP contribution in [0.4, 0.5) is 10.5 Å². The Morgan fingerprint density at radius 1 is 1.00 bits per heavy atom. The molecule has 5 rings (SSSR count). The van der Waals surface area contributed by atoms with Crippen LogP contribution in [0.15, 0.2) is 42.5 Å². The van der Waals surface area contributed by atoms with Crippen molar-refractivity contribution in [2.75, 3.05) is 45.0 Å². The predicted octanol–water partition coefficient (Wildman–Crippen LogP) is 3.68. The third-order valence-corrected chi connectivity index (χ3v) is 6.21. The largest absolute Gasteiger partial charge is 0.497 e. The summed E-state index contributed by atoms with van der Waals surface area (Å²) in [6.45, 7) is 3.70. The van der Waals surface area contributed by atoms with Crippen molar-refractivity contribution < 1.29 is 28.5 Å². The van der Waals surface area contributed by atoms with Crippen molar-refractivity contribution in [2.45, 2.75) is 31.5 Å². The fourth-order valence-corrected chi connectivity index (χ4v) is 4.36. The lowest BCUT2D eigenvalue weighted by atomic mass is 10.1. The lowest BCUT2D eigenvalue weighted by Gasteiger charge is -2.32. The fraction of sp³-hybridized carbons (Fsp3) is 0.458. The second kappa shape index (κ2) is 9.16. The van der Waals surface area contributed by atoms with Gasteiger partial charge in [0.2, 0.25) is 6.79 Å². The van der Waals surface area contributed by atoms with E-state index in [0.29, 0.717) is 6.54 Å². The normalized spacial score (nSPS) is 21.0. The summed E-state index contributed by atoms with van der Waals surface area (Å²) in [6.07, 6.45) is 2.59. The number of cyclic esters (lactones) is 1. The van der Waals surface area contributed by atoms with Gasteiger partial charge in [-0.2, -0.15) is 0 Å². The van der Waals surface area contributed by atoms with Crippen molar-refractivity contribution in [1.29, 1.82) is 0 Å². The number of nitrogens with zero attached hydrogens (tertiary/aromatic N) is 2. The Bertz CT molecular complexity index is 942. The number of hydrogen-bond acceptors (Lipinski definition) is 7. The zero-order valence-electron chi connectivity index (χ0n) is 18.2. The van der Waals surface area contributed by atoms with Gasteiger partial charge in [0.15, 0.2) is 11.5 Å². The number of piperidine rings is 1. The first kappa shape index (κ1) is 20.8. The highest BCUT2D eigenvalue weighted by Gasteiger charge is 2.33. The highest BCUT2D eigenvalue weighted by molar-refractivity contribution is 5.89. The van der Waals surface area contributed by atoms with Gasteiger partial charge >= 0.3 is 6.09 Å². The van der Waals surface area contributed by atoms with E-state index in [0.717, 1.165) is 67.6 Å². The second-order valence-corrected chi connectivity index (χ2v) is 8.28. The number of amides is 1. The maximum atomic E-state index is 12.3. The molecule has 32 heavy (non-hydrogen) atoms. The van der Waals surface area contributed by atoms with Crippen molar-refractivity contribution in [2.24, 2.45) is 0 Å². The van der Waals surface area contributed by atoms with Crippen molar-refractivity contribution in [1.82, 2.24) is 4.90 Å². The van der Waals surface area contributed by atoms with Crippen LogP contribution < -0.4 is 23.8 Å². The number of anilines is 1. The molecule has 0 aliphatic carbocycles. The van der Waals surface area contributed by atoms with Crippen molar-refractivity contribution in [3.63, 3.8) is 0 Å². The monoisotopic (exact) mass is 440 g/mol. The van der Waals surface area contributed by atoms with E-state index in [1.165, 1.54) is 0 Å². The Kier molecular flexibility index (Phi) is 5.94. The van der Waals surface area contributed by atoms with E-state index in [-0.39, 0.29) is 25.1 Å². The number of hydrogen-bond donors (Lipinski definition) is 0. The molecule has 0 N–H and O–H groups in total. The molecule has 0 saturated carbocycles. The summed E-state index contributed by atoms with van der Waals surface area (Å²) in [4.78, 5) is 16.4. The Morgan fingerprint density at radius 2 is 1.75 bits per heavy atom. The van der Waals surface area contributed by atoms with E-state index in [4.69, 9.17) is 23.7 Å². The highest BCUT2D eigenvalue weighted by atomic mass is 16.7. The van der Waals surface area contributed by atoms with E-state index in [1.807, 2.05) is 42.5 Å². The first-order valence-corrected chi connectivity index (χ1v) is 11.1. The molecule has 3 heterocycles. The van der Waals surface area contributed by atoms with Gasteiger partial charge in [-0.3, -0.25) is 4.90 Å². The Morgan fingerprint density at radius 3 is 2.53 bits per heavy atom. The minimum Gasteiger partial charge on any atom is -0.497 e. The molecular formula is C24H28N2O6. The smallest absolute Gasteiger partial charge is 0.414 e. The van der Waals surface area contributed by atoms with E-state index in [2.05, 4.69) is 4.90 Å².